The first kappa shape index (κ1) is 29.9. The molecule has 0 saturated carbocycles. The highest BCUT2D eigenvalue weighted by atomic mass is 32.2. The summed E-state index contributed by atoms with van der Waals surface area (Å²) >= 11 is 0. The molecule has 0 fully saturated rings. The molecule has 11 heteroatoms. The lowest BCUT2D eigenvalue weighted by Gasteiger charge is -2.32. The third kappa shape index (κ3) is 7.15. The Bertz CT molecular complexity index is 1510. The summed E-state index contributed by atoms with van der Waals surface area (Å²) in [5, 5.41) is 2.82. The fourth-order valence-corrected chi connectivity index (χ4v) is 5.87. The van der Waals surface area contributed by atoms with Crippen molar-refractivity contribution in [2.45, 2.75) is 51.2 Å². The average Bonchev–Trinajstić information content (AvgIpc) is 2.94. The van der Waals surface area contributed by atoms with E-state index in [0.717, 1.165) is 27.6 Å². The number of hydrogen-bond donors (Lipinski definition) is 1. The van der Waals surface area contributed by atoms with Crippen molar-refractivity contribution < 1.29 is 31.9 Å². The van der Waals surface area contributed by atoms with E-state index in [4.69, 9.17) is 9.47 Å². The number of aryl methyl sites for hydroxylation is 1. The minimum absolute atomic E-state index is 0.0779. The highest BCUT2D eigenvalue weighted by Gasteiger charge is 2.33. The Morgan fingerprint density at radius 3 is 2.29 bits per heavy atom. The Kier molecular flexibility index (Phi) is 9.17. The third-order valence-electron chi connectivity index (χ3n) is 6.53. The van der Waals surface area contributed by atoms with Gasteiger partial charge in [-0.15, -0.1) is 0 Å². The van der Waals surface area contributed by atoms with Gasteiger partial charge in [0.2, 0.25) is 11.8 Å². The lowest BCUT2D eigenvalue weighted by Crippen LogP contribution is -2.52. The van der Waals surface area contributed by atoms with Gasteiger partial charge in [0.15, 0.2) is 11.5 Å². The molecule has 41 heavy (non-hydrogen) atoms. The molecule has 0 saturated heterocycles. The van der Waals surface area contributed by atoms with Crippen molar-refractivity contribution in [1.29, 1.82) is 0 Å². The number of anilines is 1. The van der Waals surface area contributed by atoms with Crippen LogP contribution in [0.3, 0.4) is 0 Å². The molecule has 3 aromatic rings. The van der Waals surface area contributed by atoms with Gasteiger partial charge in [-0.25, -0.2) is 12.8 Å². The van der Waals surface area contributed by atoms with Crippen LogP contribution in [0.4, 0.5) is 10.1 Å². The molecular formula is C30H34FN3O6S. The van der Waals surface area contributed by atoms with Crippen molar-refractivity contribution in [1.82, 2.24) is 10.2 Å². The van der Waals surface area contributed by atoms with Gasteiger partial charge in [0, 0.05) is 18.7 Å². The minimum atomic E-state index is -4.35. The summed E-state index contributed by atoms with van der Waals surface area (Å²) in [4.78, 5) is 28.2. The van der Waals surface area contributed by atoms with Gasteiger partial charge in [-0.1, -0.05) is 29.8 Å². The Hall–Kier alpha value is -4.12. The van der Waals surface area contributed by atoms with E-state index in [1.165, 1.54) is 35.2 Å². The van der Waals surface area contributed by atoms with E-state index in [0.29, 0.717) is 12.4 Å². The summed E-state index contributed by atoms with van der Waals surface area (Å²) in [6.07, 6.45) is 0. The van der Waals surface area contributed by atoms with Gasteiger partial charge in [0.05, 0.1) is 10.6 Å². The summed E-state index contributed by atoms with van der Waals surface area (Å²) in [7, 11) is -4.35. The highest BCUT2D eigenvalue weighted by Crippen LogP contribution is 2.34. The van der Waals surface area contributed by atoms with E-state index >= 15 is 0 Å². The number of rotatable bonds is 10. The smallest absolute Gasteiger partial charge is 0.264 e. The number of amides is 2. The molecule has 0 aliphatic carbocycles. The molecule has 3 aromatic carbocycles. The molecule has 2 amide bonds. The van der Waals surface area contributed by atoms with Gasteiger partial charge >= 0.3 is 0 Å². The zero-order valence-corrected chi connectivity index (χ0v) is 24.3. The first-order valence-corrected chi connectivity index (χ1v) is 14.7. The monoisotopic (exact) mass is 583 g/mol. The first-order valence-electron chi connectivity index (χ1n) is 13.3. The molecule has 1 heterocycles. The SMILES string of the molecule is Cc1cccc(CN(C(=O)CN(c2ccc(F)cc2)S(=O)(=O)c2ccc3c(c2)OCCO3)[C@H](C)C(=O)NC(C)C)c1. The van der Waals surface area contributed by atoms with Crippen molar-refractivity contribution in [3.05, 3.63) is 83.7 Å². The van der Waals surface area contributed by atoms with Crippen LogP contribution in [0.25, 0.3) is 0 Å². The molecule has 1 N–H and O–H groups in total. The topological polar surface area (TPSA) is 105 Å². The molecule has 218 valence electrons. The van der Waals surface area contributed by atoms with E-state index in [2.05, 4.69) is 5.32 Å². The first-order chi connectivity index (χ1) is 19.5. The predicted molar refractivity (Wildman–Crippen MR) is 153 cm³/mol. The number of halogens is 1. The Morgan fingerprint density at radius 2 is 1.63 bits per heavy atom. The fourth-order valence-electron chi connectivity index (χ4n) is 4.44. The van der Waals surface area contributed by atoms with Gasteiger partial charge in [0.25, 0.3) is 10.0 Å². The Balaban J connectivity index is 1.72. The summed E-state index contributed by atoms with van der Waals surface area (Å²) in [5.41, 5.74) is 1.85. The fraction of sp³-hybridized carbons (Fsp3) is 0.333. The average molecular weight is 584 g/mol. The van der Waals surface area contributed by atoms with Crippen LogP contribution in [-0.4, -0.2) is 57.0 Å². The number of ether oxygens (including phenoxy) is 2. The maximum Gasteiger partial charge on any atom is 0.264 e. The van der Waals surface area contributed by atoms with Crippen LogP contribution in [0.2, 0.25) is 0 Å². The highest BCUT2D eigenvalue weighted by molar-refractivity contribution is 7.92. The van der Waals surface area contributed by atoms with Crippen molar-refractivity contribution in [2.75, 3.05) is 24.1 Å². The quantitative estimate of drug-likeness (QED) is 0.386. The maximum absolute atomic E-state index is 14.0. The van der Waals surface area contributed by atoms with Crippen LogP contribution in [0.5, 0.6) is 11.5 Å². The standard InChI is InChI=1S/C30H34FN3O6S/c1-20(2)32-30(36)22(4)33(18-23-7-5-6-21(3)16-23)29(35)19-34(25-10-8-24(31)9-11-25)41(37,38)26-12-13-27-28(17-26)40-15-14-39-27/h5-13,16-17,20,22H,14-15,18-19H2,1-4H3,(H,32,36)/t22-/m1/s1. The van der Waals surface area contributed by atoms with Crippen molar-refractivity contribution in [2.24, 2.45) is 0 Å². The number of nitrogens with one attached hydrogen (secondary N) is 1. The molecule has 0 aromatic heterocycles. The molecule has 0 bridgehead atoms. The zero-order chi connectivity index (χ0) is 29.7. The van der Waals surface area contributed by atoms with Gasteiger partial charge in [-0.3, -0.25) is 13.9 Å². The number of sulfonamides is 1. The summed E-state index contributed by atoms with van der Waals surface area (Å²) < 4.78 is 53.8. The molecule has 1 aliphatic heterocycles. The normalized spacial score (nSPS) is 13.4. The largest absolute Gasteiger partial charge is 0.486 e. The molecule has 0 unspecified atom stereocenters. The number of nitrogens with zero attached hydrogens (tertiary/aromatic N) is 2. The number of hydrogen-bond acceptors (Lipinski definition) is 6. The molecular weight excluding hydrogens is 549 g/mol. The van der Waals surface area contributed by atoms with E-state index in [1.54, 1.807) is 6.92 Å². The number of fused-ring (bicyclic) bond motifs is 1. The van der Waals surface area contributed by atoms with Crippen LogP contribution in [0.15, 0.2) is 71.6 Å². The number of carbonyl (C=O) groups excluding carboxylic acids is 2. The number of benzene rings is 3. The molecule has 0 radical (unpaired) electrons. The van der Waals surface area contributed by atoms with Gasteiger partial charge in [-0.05, 0) is 69.7 Å². The lowest BCUT2D eigenvalue weighted by atomic mass is 10.1. The van der Waals surface area contributed by atoms with Gasteiger partial charge < -0.3 is 19.7 Å². The molecule has 9 nitrogen and oxygen atoms in total. The molecule has 1 atom stereocenters. The summed E-state index contributed by atoms with van der Waals surface area (Å²) in [6.45, 7) is 7.20. The summed E-state index contributed by atoms with van der Waals surface area (Å²) in [6, 6.07) is 15.5. The van der Waals surface area contributed by atoms with E-state index in [9.17, 15) is 22.4 Å². The zero-order valence-electron chi connectivity index (χ0n) is 23.5. The van der Waals surface area contributed by atoms with Crippen molar-refractivity contribution >= 4 is 27.5 Å². The second kappa shape index (κ2) is 12.6. The lowest BCUT2D eigenvalue weighted by molar-refractivity contribution is -0.139. The molecule has 1 aliphatic rings. The van der Waals surface area contributed by atoms with Crippen LogP contribution in [0.1, 0.15) is 31.9 Å². The van der Waals surface area contributed by atoms with Gasteiger partial charge in [0.1, 0.15) is 31.6 Å². The van der Waals surface area contributed by atoms with Gasteiger partial charge in [-0.2, -0.15) is 0 Å². The van der Waals surface area contributed by atoms with Crippen molar-refractivity contribution in [3.63, 3.8) is 0 Å². The number of carbonyl (C=O) groups is 2. The maximum atomic E-state index is 14.0. The Morgan fingerprint density at radius 1 is 0.951 bits per heavy atom. The van der Waals surface area contributed by atoms with Crippen LogP contribution < -0.4 is 19.1 Å². The second-order valence-electron chi connectivity index (χ2n) is 10.1. The molecule has 4 rings (SSSR count). The molecule has 0 spiro atoms. The summed E-state index contributed by atoms with van der Waals surface area (Å²) in [5.74, 6) is -0.860. The van der Waals surface area contributed by atoms with Crippen molar-refractivity contribution in [3.8, 4) is 11.5 Å². The predicted octanol–water partition coefficient (Wildman–Crippen LogP) is 4.04. The van der Waals surface area contributed by atoms with Crippen LogP contribution in [-0.2, 0) is 26.2 Å². The van der Waals surface area contributed by atoms with Crippen LogP contribution >= 0.6 is 0 Å². The third-order valence-corrected chi connectivity index (χ3v) is 8.30. The second-order valence-corrected chi connectivity index (χ2v) is 12.0. The Labute approximate surface area is 239 Å². The van der Waals surface area contributed by atoms with E-state index in [1.807, 2.05) is 45.0 Å². The van der Waals surface area contributed by atoms with Crippen LogP contribution in [0, 0.1) is 12.7 Å². The van der Waals surface area contributed by atoms with E-state index in [-0.39, 0.29) is 41.4 Å². The van der Waals surface area contributed by atoms with E-state index < -0.39 is 34.3 Å². The minimum Gasteiger partial charge on any atom is -0.486 e.